The van der Waals surface area contributed by atoms with Gasteiger partial charge < -0.3 is 10.2 Å². The summed E-state index contributed by atoms with van der Waals surface area (Å²) in [6, 6.07) is 7.52. The van der Waals surface area contributed by atoms with Crippen LogP contribution in [0.15, 0.2) is 24.4 Å². The predicted molar refractivity (Wildman–Crippen MR) is 160 cm³/mol. The van der Waals surface area contributed by atoms with Crippen molar-refractivity contribution in [2.75, 3.05) is 25.0 Å². The van der Waals surface area contributed by atoms with E-state index in [9.17, 15) is 4.79 Å². The van der Waals surface area contributed by atoms with Crippen molar-refractivity contribution in [3.63, 3.8) is 0 Å². The lowest BCUT2D eigenvalue weighted by molar-refractivity contribution is -0.135. The molecule has 0 aliphatic carbocycles. The molecule has 2 atom stereocenters. The number of H-pyrrole nitrogens is 1. The smallest absolute Gasteiger partial charge is 0.236 e. The van der Waals surface area contributed by atoms with Crippen molar-refractivity contribution >= 4 is 29.1 Å². The number of nitrogens with zero attached hydrogens (tertiary/aromatic N) is 5. The molecule has 2 aliphatic rings. The molecule has 1 aromatic carbocycles. The first-order chi connectivity index (χ1) is 19.2. The molecule has 0 spiro atoms. The summed E-state index contributed by atoms with van der Waals surface area (Å²) in [7, 11) is 0. The van der Waals surface area contributed by atoms with Crippen LogP contribution in [0.4, 0.5) is 11.6 Å². The number of amides is 1. The highest BCUT2D eigenvalue weighted by molar-refractivity contribution is 6.32. The van der Waals surface area contributed by atoms with Gasteiger partial charge in [0, 0.05) is 43.4 Å². The molecule has 2 aliphatic heterocycles. The molecule has 2 fully saturated rings. The highest BCUT2D eigenvalue weighted by Crippen LogP contribution is 2.33. The average Bonchev–Trinajstić information content (AvgIpc) is 3.34. The van der Waals surface area contributed by atoms with Crippen LogP contribution in [0.25, 0.3) is 0 Å². The lowest BCUT2D eigenvalue weighted by Crippen LogP contribution is -2.50. The fraction of sp³-hybridized carbons (Fsp3) is 0.548. The molecule has 8 nitrogen and oxygen atoms in total. The van der Waals surface area contributed by atoms with Gasteiger partial charge in [-0.2, -0.15) is 5.10 Å². The Morgan fingerprint density at radius 3 is 2.45 bits per heavy atom. The van der Waals surface area contributed by atoms with Gasteiger partial charge in [0.15, 0.2) is 11.6 Å². The number of piperidine rings is 2. The lowest BCUT2D eigenvalue weighted by Gasteiger charge is -2.40. The maximum Gasteiger partial charge on any atom is 0.236 e. The van der Waals surface area contributed by atoms with Gasteiger partial charge in [-0.25, -0.2) is 9.97 Å². The first-order valence-electron chi connectivity index (χ1n) is 14.6. The van der Waals surface area contributed by atoms with E-state index in [-0.39, 0.29) is 0 Å². The van der Waals surface area contributed by atoms with Crippen LogP contribution >= 0.6 is 11.6 Å². The number of aromatic nitrogens is 4. The van der Waals surface area contributed by atoms with Gasteiger partial charge in [0.1, 0.15) is 10.8 Å². The minimum atomic E-state index is 0.293. The molecule has 1 amide bonds. The van der Waals surface area contributed by atoms with Crippen molar-refractivity contribution in [2.45, 2.75) is 91.1 Å². The number of nitrogens with one attached hydrogen (secondary N) is 2. The number of anilines is 2. The fourth-order valence-electron chi connectivity index (χ4n) is 6.36. The third-order valence-electron chi connectivity index (χ3n) is 8.80. The van der Waals surface area contributed by atoms with E-state index < -0.39 is 0 Å². The van der Waals surface area contributed by atoms with Crippen LogP contribution in [-0.4, -0.2) is 67.6 Å². The van der Waals surface area contributed by atoms with Crippen molar-refractivity contribution in [1.82, 2.24) is 30.0 Å². The highest BCUT2D eigenvalue weighted by atomic mass is 35.5. The molecule has 9 heteroatoms. The Morgan fingerprint density at radius 2 is 1.77 bits per heavy atom. The zero-order chi connectivity index (χ0) is 28.4. The van der Waals surface area contributed by atoms with Crippen molar-refractivity contribution < 1.29 is 4.79 Å². The maximum absolute atomic E-state index is 13.1. The van der Waals surface area contributed by atoms with Gasteiger partial charge in [0.05, 0.1) is 12.7 Å². The lowest BCUT2D eigenvalue weighted by atomic mass is 9.84. The van der Waals surface area contributed by atoms with E-state index in [0.717, 1.165) is 31.6 Å². The summed E-state index contributed by atoms with van der Waals surface area (Å²) in [5, 5.41) is 10.8. The molecule has 0 bridgehead atoms. The number of benzene rings is 1. The van der Waals surface area contributed by atoms with Gasteiger partial charge in [-0.05, 0) is 88.5 Å². The van der Waals surface area contributed by atoms with Gasteiger partial charge in [-0.15, -0.1) is 0 Å². The molecular weight excluding hydrogens is 522 g/mol. The molecule has 4 heterocycles. The average molecular weight is 564 g/mol. The van der Waals surface area contributed by atoms with E-state index in [1.54, 1.807) is 6.20 Å². The molecule has 2 aromatic heterocycles. The number of carbonyl (C=O) groups is 1. The van der Waals surface area contributed by atoms with Crippen LogP contribution in [0, 0.1) is 20.8 Å². The standard InChI is InChI=1S/C31H42ClN7O/c1-19-14-26(24-9-11-38(12-10-24)30(40)18-39-22(4)7-6-8-23(39)5)20(2)13-25(19)16-28-33-17-27(32)31(34-28)35-29-15-21(3)36-37-29/h13-15,17,22-24H,6-12,16,18H2,1-5H3,(H2,33,34,35,36,37). The van der Waals surface area contributed by atoms with Crippen LogP contribution in [0.2, 0.25) is 5.02 Å². The summed E-state index contributed by atoms with van der Waals surface area (Å²) in [4.78, 5) is 26.8. The number of aryl methyl sites for hydroxylation is 3. The van der Waals surface area contributed by atoms with Crippen molar-refractivity contribution in [2.24, 2.45) is 0 Å². The Labute approximate surface area is 242 Å². The molecule has 2 saturated heterocycles. The largest absolute Gasteiger partial charge is 0.342 e. The monoisotopic (exact) mass is 563 g/mol. The number of likely N-dealkylation sites (tertiary alicyclic amines) is 2. The summed E-state index contributed by atoms with van der Waals surface area (Å²) in [5.74, 6) is 2.70. The van der Waals surface area contributed by atoms with Crippen LogP contribution in [-0.2, 0) is 11.2 Å². The van der Waals surface area contributed by atoms with Crippen LogP contribution in [0.1, 0.15) is 85.6 Å². The second-order valence-corrected chi connectivity index (χ2v) is 12.2. The first-order valence-corrected chi connectivity index (χ1v) is 15.0. The number of rotatable bonds is 7. The Morgan fingerprint density at radius 1 is 1.05 bits per heavy atom. The summed E-state index contributed by atoms with van der Waals surface area (Å²) in [5.41, 5.74) is 6.10. The second kappa shape index (κ2) is 12.3. The van der Waals surface area contributed by atoms with E-state index >= 15 is 0 Å². The van der Waals surface area contributed by atoms with Crippen LogP contribution in [0.3, 0.4) is 0 Å². The zero-order valence-electron chi connectivity index (χ0n) is 24.4. The molecular formula is C31H42ClN7O. The predicted octanol–water partition coefficient (Wildman–Crippen LogP) is 6.08. The third kappa shape index (κ3) is 6.50. The third-order valence-corrected chi connectivity index (χ3v) is 9.08. The summed E-state index contributed by atoms with van der Waals surface area (Å²) in [6.07, 6.45) is 7.95. The Bertz CT molecular complexity index is 1340. The topological polar surface area (TPSA) is 90.0 Å². The SMILES string of the molecule is Cc1cc(Nc2nc(Cc3cc(C)c(C4CCN(C(=O)CN5C(C)CCCC5C)CC4)cc3C)ncc2Cl)n[nH]1. The molecule has 40 heavy (non-hydrogen) atoms. The second-order valence-electron chi connectivity index (χ2n) is 11.8. The summed E-state index contributed by atoms with van der Waals surface area (Å²) < 4.78 is 0. The van der Waals surface area contributed by atoms with Gasteiger partial charge in [-0.1, -0.05) is 30.2 Å². The van der Waals surface area contributed by atoms with Gasteiger partial charge in [0.25, 0.3) is 0 Å². The van der Waals surface area contributed by atoms with Gasteiger partial charge >= 0.3 is 0 Å². The molecule has 2 unspecified atom stereocenters. The quantitative estimate of drug-likeness (QED) is 0.362. The minimum Gasteiger partial charge on any atom is -0.342 e. The zero-order valence-corrected chi connectivity index (χ0v) is 25.2. The van der Waals surface area contributed by atoms with Crippen molar-refractivity contribution in [3.05, 3.63) is 63.2 Å². The molecule has 0 radical (unpaired) electrons. The van der Waals surface area contributed by atoms with E-state index in [2.05, 4.69) is 75.1 Å². The summed E-state index contributed by atoms with van der Waals surface area (Å²) >= 11 is 6.36. The molecule has 214 valence electrons. The minimum absolute atomic E-state index is 0.293. The maximum atomic E-state index is 13.1. The fourth-order valence-corrected chi connectivity index (χ4v) is 6.50. The number of hydrogen-bond acceptors (Lipinski definition) is 6. The van der Waals surface area contributed by atoms with Crippen molar-refractivity contribution in [1.29, 1.82) is 0 Å². The van der Waals surface area contributed by atoms with Crippen LogP contribution < -0.4 is 5.32 Å². The molecule has 5 rings (SSSR count). The highest BCUT2D eigenvalue weighted by Gasteiger charge is 2.30. The normalized spacial score (nSPS) is 20.6. The van der Waals surface area contributed by atoms with E-state index in [1.807, 2.05) is 13.0 Å². The van der Waals surface area contributed by atoms with Crippen LogP contribution in [0.5, 0.6) is 0 Å². The van der Waals surface area contributed by atoms with Crippen molar-refractivity contribution in [3.8, 4) is 0 Å². The number of hydrogen-bond donors (Lipinski definition) is 2. The Hall–Kier alpha value is -2.97. The van der Waals surface area contributed by atoms with Gasteiger partial charge in [-0.3, -0.25) is 14.8 Å². The molecule has 0 saturated carbocycles. The van der Waals surface area contributed by atoms with E-state index in [1.165, 1.54) is 41.5 Å². The molecule has 2 N–H and O–H groups in total. The Balaban J connectivity index is 1.21. The Kier molecular flexibility index (Phi) is 8.76. The number of aromatic amines is 1. The number of carbonyl (C=O) groups excluding carboxylic acids is 1. The van der Waals surface area contributed by atoms with Gasteiger partial charge in [0.2, 0.25) is 5.91 Å². The molecule has 3 aromatic rings. The van der Waals surface area contributed by atoms with E-state index in [4.69, 9.17) is 11.6 Å². The summed E-state index contributed by atoms with van der Waals surface area (Å²) in [6.45, 7) is 13.1. The van der Waals surface area contributed by atoms with E-state index in [0.29, 0.717) is 59.4 Å². The first kappa shape index (κ1) is 28.6. The number of halogens is 1.